The molecule has 24 heavy (non-hydrogen) atoms. The van der Waals surface area contributed by atoms with Crippen molar-refractivity contribution in [3.8, 4) is 0 Å². The summed E-state index contributed by atoms with van der Waals surface area (Å²) in [5.74, 6) is 0.208. The number of rotatable bonds is 2. The number of anilines is 1. The minimum atomic E-state index is 0.208. The highest BCUT2D eigenvalue weighted by Gasteiger charge is 2.25. The minimum Gasteiger partial charge on any atom is -0.368 e. The summed E-state index contributed by atoms with van der Waals surface area (Å²) in [6.45, 7) is 3.26. The number of halogens is 1. The Bertz CT molecular complexity index is 726. The van der Waals surface area contributed by atoms with E-state index >= 15 is 0 Å². The molecule has 2 heterocycles. The van der Waals surface area contributed by atoms with Gasteiger partial charge in [0.05, 0.1) is 4.88 Å². The molecule has 5 heteroatoms. The Kier molecular flexibility index (Phi) is 4.51. The normalized spacial score (nSPS) is 17.7. The fourth-order valence-electron chi connectivity index (χ4n) is 3.59. The van der Waals surface area contributed by atoms with E-state index in [9.17, 15) is 4.79 Å². The van der Waals surface area contributed by atoms with Crippen LogP contribution in [0.4, 0.5) is 5.69 Å². The number of carbonyl (C=O) groups is 1. The zero-order chi connectivity index (χ0) is 16.5. The molecule has 1 aliphatic heterocycles. The van der Waals surface area contributed by atoms with Gasteiger partial charge in [0.15, 0.2) is 0 Å². The maximum atomic E-state index is 12.8. The summed E-state index contributed by atoms with van der Waals surface area (Å²) in [5.41, 5.74) is 2.55. The van der Waals surface area contributed by atoms with Gasteiger partial charge in [0.25, 0.3) is 5.91 Å². The molecular formula is C19H21ClN2OS. The smallest absolute Gasteiger partial charge is 0.264 e. The number of hydrogen-bond donors (Lipinski definition) is 0. The number of aryl methyl sites for hydroxylation is 2. The van der Waals surface area contributed by atoms with Crippen molar-refractivity contribution in [1.29, 1.82) is 0 Å². The first-order valence-corrected chi connectivity index (χ1v) is 9.81. The molecule has 0 atom stereocenters. The molecule has 1 fully saturated rings. The molecule has 2 aliphatic rings. The van der Waals surface area contributed by atoms with E-state index in [1.165, 1.54) is 23.3 Å². The van der Waals surface area contributed by atoms with Gasteiger partial charge in [-0.25, -0.2) is 0 Å². The SMILES string of the molecule is O=C(c1cc2c(s1)CCCC2)N1CCN(c2cccc(Cl)c2)CC1. The first-order chi connectivity index (χ1) is 11.7. The Hall–Kier alpha value is -1.52. The van der Waals surface area contributed by atoms with Gasteiger partial charge in [0, 0.05) is 41.8 Å². The van der Waals surface area contributed by atoms with E-state index in [0.717, 1.165) is 54.6 Å². The van der Waals surface area contributed by atoms with E-state index in [1.54, 1.807) is 11.3 Å². The van der Waals surface area contributed by atoms with Crippen LogP contribution in [-0.2, 0) is 12.8 Å². The molecular weight excluding hydrogens is 340 g/mol. The lowest BCUT2D eigenvalue weighted by Crippen LogP contribution is -2.48. The molecule has 1 amide bonds. The Morgan fingerprint density at radius 1 is 1.04 bits per heavy atom. The van der Waals surface area contributed by atoms with E-state index in [4.69, 9.17) is 11.6 Å². The van der Waals surface area contributed by atoms with Crippen LogP contribution in [-0.4, -0.2) is 37.0 Å². The Morgan fingerprint density at radius 2 is 1.83 bits per heavy atom. The Balaban J connectivity index is 1.42. The fraction of sp³-hybridized carbons (Fsp3) is 0.421. The molecule has 2 aromatic rings. The standard InChI is InChI=1S/C19H21ClN2OS/c20-15-5-3-6-16(13-15)21-8-10-22(11-9-21)19(23)18-12-14-4-1-2-7-17(14)24-18/h3,5-6,12-13H,1-2,4,7-11H2. The van der Waals surface area contributed by atoms with Gasteiger partial charge in [-0.05, 0) is 55.5 Å². The number of thiophene rings is 1. The van der Waals surface area contributed by atoms with Crippen LogP contribution in [0, 0.1) is 0 Å². The molecule has 4 rings (SSSR count). The van der Waals surface area contributed by atoms with E-state index < -0.39 is 0 Å². The number of carbonyl (C=O) groups excluding carboxylic acids is 1. The summed E-state index contributed by atoms with van der Waals surface area (Å²) in [6.07, 6.45) is 4.81. The molecule has 1 aliphatic carbocycles. The average molecular weight is 361 g/mol. The van der Waals surface area contributed by atoms with Crippen molar-refractivity contribution >= 4 is 34.5 Å². The molecule has 0 unspecified atom stereocenters. The van der Waals surface area contributed by atoms with E-state index in [-0.39, 0.29) is 5.91 Å². The molecule has 1 aromatic heterocycles. The molecule has 0 saturated carbocycles. The van der Waals surface area contributed by atoms with Crippen molar-refractivity contribution in [2.24, 2.45) is 0 Å². The maximum absolute atomic E-state index is 12.8. The van der Waals surface area contributed by atoms with Crippen molar-refractivity contribution in [2.75, 3.05) is 31.1 Å². The number of nitrogens with zero attached hydrogens (tertiary/aromatic N) is 2. The van der Waals surface area contributed by atoms with Crippen molar-refractivity contribution in [2.45, 2.75) is 25.7 Å². The fourth-order valence-corrected chi connectivity index (χ4v) is 5.00. The third-order valence-electron chi connectivity index (χ3n) is 4.95. The number of hydrogen-bond acceptors (Lipinski definition) is 3. The maximum Gasteiger partial charge on any atom is 0.264 e. The van der Waals surface area contributed by atoms with Gasteiger partial charge in [-0.3, -0.25) is 4.79 Å². The van der Waals surface area contributed by atoms with E-state index in [2.05, 4.69) is 17.0 Å². The average Bonchev–Trinajstić information content (AvgIpc) is 3.05. The molecule has 0 bridgehead atoms. The monoisotopic (exact) mass is 360 g/mol. The van der Waals surface area contributed by atoms with Gasteiger partial charge in [0.1, 0.15) is 0 Å². The van der Waals surface area contributed by atoms with Crippen LogP contribution >= 0.6 is 22.9 Å². The number of fused-ring (bicyclic) bond motifs is 1. The largest absolute Gasteiger partial charge is 0.368 e. The summed E-state index contributed by atoms with van der Waals surface area (Å²) in [7, 11) is 0. The second-order valence-electron chi connectivity index (χ2n) is 6.53. The number of piperazine rings is 1. The summed E-state index contributed by atoms with van der Waals surface area (Å²) in [4.78, 5) is 19.5. The topological polar surface area (TPSA) is 23.6 Å². The van der Waals surface area contributed by atoms with Crippen molar-refractivity contribution in [1.82, 2.24) is 4.90 Å². The van der Waals surface area contributed by atoms with Crippen LogP contribution in [0.15, 0.2) is 30.3 Å². The lowest BCUT2D eigenvalue weighted by Gasteiger charge is -2.36. The second kappa shape index (κ2) is 6.77. The highest BCUT2D eigenvalue weighted by molar-refractivity contribution is 7.14. The lowest BCUT2D eigenvalue weighted by atomic mass is 9.99. The van der Waals surface area contributed by atoms with Crippen LogP contribution in [0.2, 0.25) is 5.02 Å². The van der Waals surface area contributed by atoms with Crippen LogP contribution in [0.1, 0.15) is 33.0 Å². The van der Waals surface area contributed by atoms with Gasteiger partial charge < -0.3 is 9.80 Å². The van der Waals surface area contributed by atoms with Gasteiger partial charge in [-0.15, -0.1) is 11.3 Å². The predicted molar refractivity (Wildman–Crippen MR) is 101 cm³/mol. The van der Waals surface area contributed by atoms with Gasteiger partial charge in [0.2, 0.25) is 0 Å². The molecule has 1 saturated heterocycles. The Morgan fingerprint density at radius 3 is 2.58 bits per heavy atom. The summed E-state index contributed by atoms with van der Waals surface area (Å²) in [5, 5.41) is 0.759. The first kappa shape index (κ1) is 16.0. The van der Waals surface area contributed by atoms with Crippen LogP contribution in [0.25, 0.3) is 0 Å². The molecule has 126 valence electrons. The van der Waals surface area contributed by atoms with Gasteiger partial charge in [-0.1, -0.05) is 17.7 Å². The van der Waals surface area contributed by atoms with E-state index in [0.29, 0.717) is 0 Å². The number of amides is 1. The summed E-state index contributed by atoms with van der Waals surface area (Å²) < 4.78 is 0. The van der Waals surface area contributed by atoms with Crippen LogP contribution in [0.5, 0.6) is 0 Å². The number of benzene rings is 1. The highest BCUT2D eigenvalue weighted by Crippen LogP contribution is 2.30. The lowest BCUT2D eigenvalue weighted by molar-refractivity contribution is 0.0751. The zero-order valence-corrected chi connectivity index (χ0v) is 15.2. The minimum absolute atomic E-state index is 0.208. The predicted octanol–water partition coefficient (Wildman–Crippen LogP) is 4.24. The molecule has 0 N–H and O–H groups in total. The summed E-state index contributed by atoms with van der Waals surface area (Å²) >= 11 is 7.80. The van der Waals surface area contributed by atoms with Gasteiger partial charge in [-0.2, -0.15) is 0 Å². The summed E-state index contributed by atoms with van der Waals surface area (Å²) in [6, 6.07) is 10.1. The third kappa shape index (κ3) is 3.17. The third-order valence-corrected chi connectivity index (χ3v) is 6.41. The van der Waals surface area contributed by atoms with E-state index in [1.807, 2.05) is 23.1 Å². The van der Waals surface area contributed by atoms with Crippen molar-refractivity contribution in [3.63, 3.8) is 0 Å². The van der Waals surface area contributed by atoms with Crippen LogP contribution < -0.4 is 4.90 Å². The van der Waals surface area contributed by atoms with Crippen LogP contribution in [0.3, 0.4) is 0 Å². The zero-order valence-electron chi connectivity index (χ0n) is 13.6. The van der Waals surface area contributed by atoms with Crippen molar-refractivity contribution < 1.29 is 4.79 Å². The highest BCUT2D eigenvalue weighted by atomic mass is 35.5. The van der Waals surface area contributed by atoms with Crippen molar-refractivity contribution in [3.05, 3.63) is 50.7 Å². The molecule has 0 radical (unpaired) electrons. The quantitative estimate of drug-likeness (QED) is 0.799. The first-order valence-electron chi connectivity index (χ1n) is 8.62. The molecule has 1 aromatic carbocycles. The Labute approximate surface area is 151 Å². The van der Waals surface area contributed by atoms with Gasteiger partial charge >= 0.3 is 0 Å². The molecule has 0 spiro atoms. The molecule has 3 nitrogen and oxygen atoms in total. The second-order valence-corrected chi connectivity index (χ2v) is 8.10.